The lowest BCUT2D eigenvalue weighted by Gasteiger charge is -2.26. The molecule has 0 aliphatic heterocycles. The molecule has 0 radical (unpaired) electrons. The molecule has 0 aromatic heterocycles. The highest BCUT2D eigenvalue weighted by Gasteiger charge is 2.27. The van der Waals surface area contributed by atoms with Crippen LogP contribution in [0.2, 0.25) is 0 Å². The smallest absolute Gasteiger partial charge is 0.0307 e. The van der Waals surface area contributed by atoms with Gasteiger partial charge < -0.3 is 5.32 Å². The molecule has 1 heteroatoms. The summed E-state index contributed by atoms with van der Waals surface area (Å²) in [4.78, 5) is 0. The molecule has 0 aromatic rings. The number of rotatable bonds is 5. The predicted molar refractivity (Wildman–Crippen MR) is 66.0 cm³/mol. The monoisotopic (exact) mass is 207 g/mol. The second-order valence-electron chi connectivity index (χ2n) is 5.15. The van der Waals surface area contributed by atoms with Crippen molar-refractivity contribution in [3.05, 3.63) is 11.6 Å². The summed E-state index contributed by atoms with van der Waals surface area (Å²) in [5.41, 5.74) is 1.73. The van der Waals surface area contributed by atoms with Gasteiger partial charge in [0.15, 0.2) is 0 Å². The molecule has 0 spiro atoms. The van der Waals surface area contributed by atoms with Crippen molar-refractivity contribution in [1.29, 1.82) is 0 Å². The second kappa shape index (κ2) is 5.69. The third kappa shape index (κ3) is 2.84. The van der Waals surface area contributed by atoms with E-state index in [1.807, 2.05) is 0 Å². The first-order valence-corrected chi connectivity index (χ1v) is 6.84. The lowest BCUT2D eigenvalue weighted by atomic mass is 9.91. The Morgan fingerprint density at radius 2 is 2.13 bits per heavy atom. The molecule has 1 unspecified atom stereocenters. The first-order chi connectivity index (χ1) is 7.42. The van der Waals surface area contributed by atoms with Gasteiger partial charge in [-0.2, -0.15) is 0 Å². The number of hydrogen-bond donors (Lipinski definition) is 1. The fraction of sp³-hybridized carbons (Fsp3) is 0.857. The fourth-order valence-corrected chi connectivity index (χ4v) is 3.17. The Labute approximate surface area is 94.3 Å². The van der Waals surface area contributed by atoms with E-state index in [4.69, 9.17) is 0 Å². The molecule has 0 heterocycles. The standard InChI is InChI=1S/C14H25N/c1-2-11-15-14(12-7-3-4-8-12)13-9-5-6-10-13/h7,13-15H,2-6,8-11H2,1H3. The van der Waals surface area contributed by atoms with Crippen molar-refractivity contribution in [2.75, 3.05) is 6.54 Å². The Morgan fingerprint density at radius 3 is 2.73 bits per heavy atom. The third-order valence-corrected chi connectivity index (χ3v) is 3.96. The van der Waals surface area contributed by atoms with Crippen LogP contribution in [0.1, 0.15) is 58.3 Å². The summed E-state index contributed by atoms with van der Waals surface area (Å²) in [7, 11) is 0. The van der Waals surface area contributed by atoms with Gasteiger partial charge in [-0.15, -0.1) is 0 Å². The summed E-state index contributed by atoms with van der Waals surface area (Å²) in [5, 5.41) is 3.78. The van der Waals surface area contributed by atoms with E-state index in [1.54, 1.807) is 5.57 Å². The maximum absolute atomic E-state index is 3.78. The van der Waals surface area contributed by atoms with E-state index < -0.39 is 0 Å². The zero-order valence-corrected chi connectivity index (χ0v) is 10.1. The van der Waals surface area contributed by atoms with Crippen molar-refractivity contribution in [2.24, 2.45) is 5.92 Å². The molecule has 1 nitrogen and oxygen atoms in total. The van der Waals surface area contributed by atoms with Crippen molar-refractivity contribution in [3.63, 3.8) is 0 Å². The van der Waals surface area contributed by atoms with E-state index in [2.05, 4.69) is 18.3 Å². The van der Waals surface area contributed by atoms with E-state index in [-0.39, 0.29) is 0 Å². The molecule has 1 N–H and O–H groups in total. The first-order valence-electron chi connectivity index (χ1n) is 6.84. The predicted octanol–water partition coefficient (Wildman–Crippen LogP) is 3.66. The maximum atomic E-state index is 3.78. The van der Waals surface area contributed by atoms with E-state index in [0.717, 1.165) is 12.0 Å². The minimum atomic E-state index is 0.731. The SMILES string of the molecule is CCCNC(C1=CCCC1)C1CCCC1. The highest BCUT2D eigenvalue weighted by atomic mass is 14.9. The van der Waals surface area contributed by atoms with Crippen LogP contribution < -0.4 is 5.32 Å². The zero-order valence-electron chi connectivity index (χ0n) is 10.1. The molecular weight excluding hydrogens is 182 g/mol. The lowest BCUT2D eigenvalue weighted by Crippen LogP contribution is -2.37. The van der Waals surface area contributed by atoms with Crippen LogP contribution in [-0.4, -0.2) is 12.6 Å². The maximum Gasteiger partial charge on any atom is 0.0307 e. The van der Waals surface area contributed by atoms with Crippen LogP contribution in [-0.2, 0) is 0 Å². The van der Waals surface area contributed by atoms with E-state index in [9.17, 15) is 0 Å². The molecule has 0 amide bonds. The van der Waals surface area contributed by atoms with Gasteiger partial charge in [-0.25, -0.2) is 0 Å². The first kappa shape index (κ1) is 11.2. The normalized spacial score (nSPS) is 24.5. The Morgan fingerprint density at radius 1 is 1.33 bits per heavy atom. The molecule has 1 saturated carbocycles. The van der Waals surface area contributed by atoms with Crippen LogP contribution >= 0.6 is 0 Å². The van der Waals surface area contributed by atoms with Gasteiger partial charge in [-0.1, -0.05) is 31.4 Å². The molecule has 0 bridgehead atoms. The summed E-state index contributed by atoms with van der Waals surface area (Å²) in [5.74, 6) is 0.945. The van der Waals surface area contributed by atoms with Crippen molar-refractivity contribution in [2.45, 2.75) is 64.3 Å². The van der Waals surface area contributed by atoms with Crippen LogP contribution in [0.25, 0.3) is 0 Å². The molecular formula is C14H25N. The van der Waals surface area contributed by atoms with Gasteiger partial charge in [0.1, 0.15) is 0 Å². The van der Waals surface area contributed by atoms with Crippen LogP contribution in [0, 0.1) is 5.92 Å². The molecule has 2 aliphatic carbocycles. The molecule has 0 saturated heterocycles. The van der Waals surface area contributed by atoms with Crippen molar-refractivity contribution >= 4 is 0 Å². The number of hydrogen-bond acceptors (Lipinski definition) is 1. The quantitative estimate of drug-likeness (QED) is 0.678. The third-order valence-electron chi connectivity index (χ3n) is 3.96. The molecule has 2 aliphatic rings. The highest BCUT2D eigenvalue weighted by Crippen LogP contribution is 2.34. The van der Waals surface area contributed by atoms with Gasteiger partial charge in [0, 0.05) is 6.04 Å². The average Bonchev–Trinajstić information content (AvgIpc) is 2.90. The molecule has 15 heavy (non-hydrogen) atoms. The van der Waals surface area contributed by atoms with E-state index in [1.165, 1.54) is 57.9 Å². The van der Waals surface area contributed by atoms with Crippen LogP contribution in [0.5, 0.6) is 0 Å². The molecule has 1 fully saturated rings. The van der Waals surface area contributed by atoms with Crippen LogP contribution in [0.3, 0.4) is 0 Å². The van der Waals surface area contributed by atoms with Gasteiger partial charge in [0.2, 0.25) is 0 Å². The van der Waals surface area contributed by atoms with Crippen molar-refractivity contribution in [1.82, 2.24) is 5.32 Å². The Bertz CT molecular complexity index is 213. The van der Waals surface area contributed by atoms with Gasteiger partial charge >= 0.3 is 0 Å². The van der Waals surface area contributed by atoms with Crippen LogP contribution in [0.4, 0.5) is 0 Å². The molecule has 1 atom stereocenters. The van der Waals surface area contributed by atoms with Gasteiger partial charge in [-0.3, -0.25) is 0 Å². The largest absolute Gasteiger partial charge is 0.310 e. The summed E-state index contributed by atoms with van der Waals surface area (Å²) in [6, 6.07) is 0.731. The summed E-state index contributed by atoms with van der Waals surface area (Å²) >= 11 is 0. The fourth-order valence-electron chi connectivity index (χ4n) is 3.17. The molecule has 0 aromatic carbocycles. The van der Waals surface area contributed by atoms with Gasteiger partial charge in [-0.05, 0) is 51.0 Å². The van der Waals surface area contributed by atoms with Crippen molar-refractivity contribution in [3.8, 4) is 0 Å². The minimum Gasteiger partial charge on any atom is -0.310 e. The van der Waals surface area contributed by atoms with Gasteiger partial charge in [0.25, 0.3) is 0 Å². The second-order valence-corrected chi connectivity index (χ2v) is 5.15. The summed E-state index contributed by atoms with van der Waals surface area (Å²) in [6.07, 6.45) is 13.7. The number of allylic oxidation sites excluding steroid dienone is 1. The Kier molecular flexibility index (Phi) is 4.25. The average molecular weight is 207 g/mol. The zero-order chi connectivity index (χ0) is 10.5. The Hall–Kier alpha value is -0.300. The highest BCUT2D eigenvalue weighted by molar-refractivity contribution is 5.17. The van der Waals surface area contributed by atoms with Gasteiger partial charge in [0.05, 0.1) is 0 Å². The summed E-state index contributed by atoms with van der Waals surface area (Å²) < 4.78 is 0. The topological polar surface area (TPSA) is 12.0 Å². The number of nitrogens with one attached hydrogen (secondary N) is 1. The van der Waals surface area contributed by atoms with E-state index >= 15 is 0 Å². The lowest BCUT2D eigenvalue weighted by molar-refractivity contribution is 0.394. The molecule has 2 rings (SSSR count). The minimum absolute atomic E-state index is 0.731. The van der Waals surface area contributed by atoms with E-state index in [0.29, 0.717) is 0 Å². The molecule has 86 valence electrons. The van der Waals surface area contributed by atoms with Crippen LogP contribution in [0.15, 0.2) is 11.6 Å². The summed E-state index contributed by atoms with van der Waals surface area (Å²) in [6.45, 7) is 3.46. The Balaban J connectivity index is 1.94. The van der Waals surface area contributed by atoms with Crippen molar-refractivity contribution < 1.29 is 0 Å².